The molecule has 5 nitrogen and oxygen atoms in total. The van der Waals surface area contributed by atoms with Crippen LogP contribution in [0.25, 0.3) is 0 Å². The second kappa shape index (κ2) is 9.17. The molecular weight excluding hydrogens is 358 g/mol. The normalized spacial score (nSPS) is 16.4. The topological polar surface area (TPSA) is 57.5 Å². The number of carbonyl (C=O) groups is 1. The minimum atomic E-state index is -0.171. The lowest BCUT2D eigenvalue weighted by atomic mass is 10.1. The van der Waals surface area contributed by atoms with Crippen molar-refractivity contribution in [2.75, 3.05) is 31.1 Å². The number of furan rings is 1. The second-order valence-electron chi connectivity index (χ2n) is 5.91. The first kappa shape index (κ1) is 18.2. The van der Waals surface area contributed by atoms with Crippen LogP contribution in [0.4, 0.5) is 4.79 Å². The second-order valence-corrected chi connectivity index (χ2v) is 7.57. The predicted molar refractivity (Wildman–Crippen MR) is 102 cm³/mol. The quantitative estimate of drug-likeness (QED) is 0.806. The van der Waals surface area contributed by atoms with E-state index >= 15 is 0 Å². The Labute approximate surface area is 157 Å². The van der Waals surface area contributed by atoms with E-state index in [4.69, 9.17) is 16.0 Å². The van der Waals surface area contributed by atoms with Crippen molar-refractivity contribution in [2.45, 2.75) is 12.6 Å². The number of hydrogen-bond donors (Lipinski definition) is 2. The molecule has 1 aliphatic rings. The van der Waals surface area contributed by atoms with Gasteiger partial charge < -0.3 is 15.1 Å². The number of carbonyl (C=O) groups excluding carboxylic acids is 1. The van der Waals surface area contributed by atoms with E-state index in [-0.39, 0.29) is 12.1 Å². The van der Waals surface area contributed by atoms with Gasteiger partial charge in [0.1, 0.15) is 0 Å². The number of nitrogens with one attached hydrogen (secondary N) is 2. The number of urea groups is 1. The van der Waals surface area contributed by atoms with E-state index in [2.05, 4.69) is 15.5 Å². The van der Waals surface area contributed by atoms with Gasteiger partial charge in [-0.25, -0.2) is 4.79 Å². The molecule has 0 radical (unpaired) electrons. The van der Waals surface area contributed by atoms with Crippen LogP contribution in [0.3, 0.4) is 0 Å². The van der Waals surface area contributed by atoms with Crippen LogP contribution in [-0.4, -0.2) is 42.1 Å². The maximum absolute atomic E-state index is 12.1. The SMILES string of the molecule is O=C(NCc1ccc(Cl)cc1)NC[C@@H](c1ccoc1)N1CCSCC1. The molecule has 1 aliphatic heterocycles. The van der Waals surface area contributed by atoms with Crippen LogP contribution in [-0.2, 0) is 6.54 Å². The van der Waals surface area contributed by atoms with Gasteiger partial charge in [-0.3, -0.25) is 4.90 Å². The van der Waals surface area contributed by atoms with Crippen LogP contribution < -0.4 is 10.6 Å². The number of rotatable bonds is 6. The molecule has 1 atom stereocenters. The fourth-order valence-electron chi connectivity index (χ4n) is 2.85. The van der Waals surface area contributed by atoms with Crippen LogP contribution in [0, 0.1) is 0 Å². The minimum absolute atomic E-state index is 0.140. The third-order valence-corrected chi connectivity index (χ3v) is 5.43. The maximum Gasteiger partial charge on any atom is 0.315 e. The maximum atomic E-state index is 12.1. The largest absolute Gasteiger partial charge is 0.472 e. The van der Waals surface area contributed by atoms with Gasteiger partial charge in [0.05, 0.1) is 18.6 Å². The van der Waals surface area contributed by atoms with Crippen molar-refractivity contribution in [2.24, 2.45) is 0 Å². The van der Waals surface area contributed by atoms with Crippen molar-refractivity contribution in [1.29, 1.82) is 0 Å². The lowest BCUT2D eigenvalue weighted by Crippen LogP contribution is -2.44. The lowest BCUT2D eigenvalue weighted by Gasteiger charge is -2.33. The molecule has 1 fully saturated rings. The number of thioether (sulfide) groups is 1. The van der Waals surface area contributed by atoms with E-state index in [1.54, 1.807) is 12.5 Å². The van der Waals surface area contributed by atoms with Crippen molar-refractivity contribution in [3.8, 4) is 0 Å². The molecule has 2 N–H and O–H groups in total. The highest BCUT2D eigenvalue weighted by Crippen LogP contribution is 2.24. The van der Waals surface area contributed by atoms with Crippen molar-refractivity contribution in [1.82, 2.24) is 15.5 Å². The van der Waals surface area contributed by atoms with Gasteiger partial charge in [0, 0.05) is 48.3 Å². The third-order valence-electron chi connectivity index (χ3n) is 4.24. The van der Waals surface area contributed by atoms with Gasteiger partial charge in [0.15, 0.2) is 0 Å². The average Bonchev–Trinajstić information content (AvgIpc) is 3.17. The summed E-state index contributed by atoms with van der Waals surface area (Å²) in [5, 5.41) is 6.56. The monoisotopic (exact) mass is 379 g/mol. The van der Waals surface area contributed by atoms with E-state index in [0.29, 0.717) is 18.1 Å². The van der Waals surface area contributed by atoms with Gasteiger partial charge in [0.25, 0.3) is 0 Å². The van der Waals surface area contributed by atoms with Crippen molar-refractivity contribution < 1.29 is 9.21 Å². The Kier molecular flexibility index (Phi) is 6.67. The Morgan fingerprint density at radius 1 is 1.20 bits per heavy atom. The van der Waals surface area contributed by atoms with E-state index in [1.165, 1.54) is 0 Å². The number of hydrogen-bond acceptors (Lipinski definition) is 4. The summed E-state index contributed by atoms with van der Waals surface area (Å²) in [6.45, 7) is 3.07. The molecule has 134 valence electrons. The van der Waals surface area contributed by atoms with Crippen LogP contribution in [0.2, 0.25) is 5.02 Å². The van der Waals surface area contributed by atoms with Crippen LogP contribution in [0.1, 0.15) is 17.2 Å². The molecule has 0 spiro atoms. The lowest BCUT2D eigenvalue weighted by molar-refractivity contribution is 0.205. The highest BCUT2D eigenvalue weighted by molar-refractivity contribution is 7.99. The molecule has 0 saturated carbocycles. The molecule has 7 heteroatoms. The molecule has 2 aromatic rings. The Morgan fingerprint density at radius 2 is 1.96 bits per heavy atom. The fourth-order valence-corrected chi connectivity index (χ4v) is 3.91. The smallest absolute Gasteiger partial charge is 0.315 e. The van der Waals surface area contributed by atoms with Gasteiger partial charge in [-0.05, 0) is 23.8 Å². The molecule has 0 bridgehead atoms. The van der Waals surface area contributed by atoms with Crippen LogP contribution in [0.5, 0.6) is 0 Å². The first-order valence-electron chi connectivity index (χ1n) is 8.32. The van der Waals surface area contributed by atoms with E-state index < -0.39 is 0 Å². The summed E-state index contributed by atoms with van der Waals surface area (Å²) in [6, 6.07) is 9.39. The number of benzene rings is 1. The highest BCUT2D eigenvalue weighted by atomic mass is 35.5. The van der Waals surface area contributed by atoms with E-state index in [9.17, 15) is 4.79 Å². The Balaban J connectivity index is 1.51. The summed E-state index contributed by atoms with van der Waals surface area (Å²) in [5.41, 5.74) is 2.11. The molecular formula is C18H22ClN3O2S. The third kappa shape index (κ3) is 5.42. The number of nitrogens with zero attached hydrogens (tertiary/aromatic N) is 1. The van der Waals surface area contributed by atoms with Gasteiger partial charge >= 0.3 is 6.03 Å². The van der Waals surface area contributed by atoms with Crippen molar-refractivity contribution in [3.63, 3.8) is 0 Å². The Morgan fingerprint density at radius 3 is 2.64 bits per heavy atom. The van der Waals surface area contributed by atoms with E-state index in [0.717, 1.165) is 35.7 Å². The van der Waals surface area contributed by atoms with E-state index in [1.807, 2.05) is 42.1 Å². The summed E-state index contributed by atoms with van der Waals surface area (Å²) in [5.74, 6) is 2.24. The summed E-state index contributed by atoms with van der Waals surface area (Å²) in [4.78, 5) is 14.5. The first-order valence-corrected chi connectivity index (χ1v) is 9.85. The molecule has 1 aromatic carbocycles. The predicted octanol–water partition coefficient (Wildman–Crippen LogP) is 3.52. The summed E-state index contributed by atoms with van der Waals surface area (Å²) >= 11 is 7.84. The van der Waals surface area contributed by atoms with Crippen LogP contribution >= 0.6 is 23.4 Å². The zero-order valence-electron chi connectivity index (χ0n) is 13.9. The Bertz CT molecular complexity index is 657. The van der Waals surface area contributed by atoms with Gasteiger partial charge in [-0.1, -0.05) is 23.7 Å². The standard InChI is InChI=1S/C18H22ClN3O2S/c19-16-3-1-14(2-4-16)11-20-18(23)21-12-17(15-5-8-24-13-15)22-6-9-25-10-7-22/h1-5,8,13,17H,6-7,9-12H2,(H2,20,21,23)/t17-/m0/s1. The molecule has 1 aromatic heterocycles. The highest BCUT2D eigenvalue weighted by Gasteiger charge is 2.23. The summed E-state index contributed by atoms with van der Waals surface area (Å²) < 4.78 is 5.24. The number of halogens is 1. The average molecular weight is 380 g/mol. The number of amides is 2. The molecule has 0 unspecified atom stereocenters. The molecule has 0 aliphatic carbocycles. The Hall–Kier alpha value is -1.63. The zero-order valence-corrected chi connectivity index (χ0v) is 15.5. The molecule has 1 saturated heterocycles. The summed E-state index contributed by atoms with van der Waals surface area (Å²) in [6.07, 6.45) is 3.45. The summed E-state index contributed by atoms with van der Waals surface area (Å²) in [7, 11) is 0. The zero-order chi connectivity index (χ0) is 17.5. The fraction of sp³-hybridized carbons (Fsp3) is 0.389. The molecule has 2 amide bonds. The molecule has 25 heavy (non-hydrogen) atoms. The molecule has 3 rings (SSSR count). The van der Waals surface area contributed by atoms with Gasteiger partial charge in [0.2, 0.25) is 0 Å². The molecule has 2 heterocycles. The van der Waals surface area contributed by atoms with Crippen molar-refractivity contribution >= 4 is 29.4 Å². The first-order chi connectivity index (χ1) is 12.2. The van der Waals surface area contributed by atoms with Gasteiger partial charge in [-0.15, -0.1) is 0 Å². The van der Waals surface area contributed by atoms with Crippen LogP contribution in [0.15, 0.2) is 47.3 Å². The van der Waals surface area contributed by atoms with Crippen molar-refractivity contribution in [3.05, 3.63) is 59.0 Å². The van der Waals surface area contributed by atoms with Gasteiger partial charge in [-0.2, -0.15) is 11.8 Å². The minimum Gasteiger partial charge on any atom is -0.472 e.